The molecule has 2 heterocycles. The fourth-order valence-electron chi connectivity index (χ4n) is 2.88. The average molecular weight is 283 g/mol. The molecular weight excluding hydrogens is 267 g/mol. The van der Waals surface area contributed by atoms with Crippen LogP contribution in [0.15, 0.2) is 18.2 Å². The van der Waals surface area contributed by atoms with Crippen molar-refractivity contribution in [1.82, 2.24) is 14.9 Å². The number of benzene rings is 1. The highest BCUT2D eigenvalue weighted by atomic mass is 19.4. The smallest absolute Gasteiger partial charge is 0.331 e. The van der Waals surface area contributed by atoms with Gasteiger partial charge in [0.25, 0.3) is 0 Å². The molecule has 2 unspecified atom stereocenters. The molecule has 2 atom stereocenters. The average Bonchev–Trinajstić information content (AvgIpc) is 2.92. The Kier molecular flexibility index (Phi) is 3.01. The first-order valence-electron chi connectivity index (χ1n) is 6.62. The third kappa shape index (κ3) is 2.08. The Morgan fingerprint density at radius 2 is 2.05 bits per heavy atom. The molecule has 1 fully saturated rings. The number of aryl methyl sites for hydroxylation is 1. The number of hydrogen-bond acceptors (Lipinski definition) is 2. The van der Waals surface area contributed by atoms with Crippen LogP contribution >= 0.6 is 0 Å². The van der Waals surface area contributed by atoms with E-state index in [9.17, 15) is 13.2 Å². The predicted molar refractivity (Wildman–Crippen MR) is 70.5 cm³/mol. The second-order valence-corrected chi connectivity index (χ2v) is 5.47. The van der Waals surface area contributed by atoms with Gasteiger partial charge in [-0.3, -0.25) is 0 Å². The highest BCUT2D eigenvalue weighted by Gasteiger charge is 2.32. The number of hydrogen-bond donors (Lipinski definition) is 1. The molecule has 0 saturated carbocycles. The van der Waals surface area contributed by atoms with Crippen LogP contribution < -0.4 is 5.32 Å². The minimum atomic E-state index is -4.33. The molecule has 0 amide bonds. The highest BCUT2D eigenvalue weighted by molar-refractivity contribution is 5.77. The number of aromatic nitrogens is 2. The third-order valence-electron chi connectivity index (χ3n) is 4.09. The molecule has 1 saturated heterocycles. The molecule has 1 aliphatic heterocycles. The van der Waals surface area contributed by atoms with E-state index >= 15 is 0 Å². The van der Waals surface area contributed by atoms with Gasteiger partial charge >= 0.3 is 6.18 Å². The number of alkyl halides is 3. The van der Waals surface area contributed by atoms with Crippen LogP contribution in [0.4, 0.5) is 13.2 Å². The van der Waals surface area contributed by atoms with Crippen molar-refractivity contribution in [2.45, 2.75) is 19.0 Å². The van der Waals surface area contributed by atoms with Crippen LogP contribution in [0.2, 0.25) is 0 Å². The van der Waals surface area contributed by atoms with Gasteiger partial charge in [-0.15, -0.1) is 0 Å². The second-order valence-electron chi connectivity index (χ2n) is 5.47. The van der Waals surface area contributed by atoms with Crippen molar-refractivity contribution in [3.8, 4) is 0 Å². The van der Waals surface area contributed by atoms with Gasteiger partial charge in [-0.1, -0.05) is 6.92 Å². The first-order valence-corrected chi connectivity index (χ1v) is 6.62. The summed E-state index contributed by atoms with van der Waals surface area (Å²) in [6, 6.07) is 3.75. The zero-order valence-corrected chi connectivity index (χ0v) is 11.3. The van der Waals surface area contributed by atoms with E-state index in [1.807, 2.05) is 11.6 Å². The van der Waals surface area contributed by atoms with Crippen LogP contribution in [0.25, 0.3) is 11.0 Å². The van der Waals surface area contributed by atoms with Crippen LogP contribution in [0, 0.1) is 5.92 Å². The van der Waals surface area contributed by atoms with Crippen molar-refractivity contribution in [3.63, 3.8) is 0 Å². The SMILES string of the molecule is CC1CNCC1c1nc2cc(C(F)(F)F)ccc2n1C. The maximum absolute atomic E-state index is 12.7. The van der Waals surface area contributed by atoms with Crippen molar-refractivity contribution >= 4 is 11.0 Å². The Bertz CT molecular complexity index is 645. The van der Waals surface area contributed by atoms with E-state index in [0.29, 0.717) is 11.4 Å². The van der Waals surface area contributed by atoms with Gasteiger partial charge in [-0.05, 0) is 30.7 Å². The summed E-state index contributed by atoms with van der Waals surface area (Å²) in [7, 11) is 1.86. The van der Waals surface area contributed by atoms with Gasteiger partial charge in [-0.2, -0.15) is 13.2 Å². The molecular formula is C14H16F3N3. The lowest BCUT2D eigenvalue weighted by Crippen LogP contribution is -2.13. The summed E-state index contributed by atoms with van der Waals surface area (Å²) >= 11 is 0. The summed E-state index contributed by atoms with van der Waals surface area (Å²) in [5, 5.41) is 3.29. The molecule has 0 radical (unpaired) electrons. The van der Waals surface area contributed by atoms with Gasteiger partial charge in [0.15, 0.2) is 0 Å². The van der Waals surface area contributed by atoms with E-state index < -0.39 is 11.7 Å². The lowest BCUT2D eigenvalue weighted by atomic mass is 9.97. The van der Waals surface area contributed by atoms with E-state index in [4.69, 9.17) is 0 Å². The number of rotatable bonds is 1. The molecule has 20 heavy (non-hydrogen) atoms. The van der Waals surface area contributed by atoms with Crippen LogP contribution in [0.5, 0.6) is 0 Å². The normalized spacial score (nSPS) is 23.6. The molecule has 3 nitrogen and oxygen atoms in total. The fraction of sp³-hybridized carbons (Fsp3) is 0.500. The maximum atomic E-state index is 12.7. The molecule has 0 bridgehead atoms. The van der Waals surface area contributed by atoms with Crippen LogP contribution in [0.1, 0.15) is 24.2 Å². The minimum Gasteiger partial charge on any atom is -0.331 e. The Morgan fingerprint density at radius 1 is 1.30 bits per heavy atom. The third-order valence-corrected chi connectivity index (χ3v) is 4.09. The largest absolute Gasteiger partial charge is 0.416 e. The topological polar surface area (TPSA) is 29.9 Å². The summed E-state index contributed by atoms with van der Waals surface area (Å²) in [6.07, 6.45) is -4.33. The van der Waals surface area contributed by atoms with Gasteiger partial charge < -0.3 is 9.88 Å². The van der Waals surface area contributed by atoms with Crippen molar-refractivity contribution in [2.75, 3.05) is 13.1 Å². The lowest BCUT2D eigenvalue weighted by Gasteiger charge is -2.13. The monoisotopic (exact) mass is 283 g/mol. The van der Waals surface area contributed by atoms with E-state index in [1.54, 1.807) is 0 Å². The van der Waals surface area contributed by atoms with E-state index in [2.05, 4.69) is 17.2 Å². The molecule has 1 N–H and O–H groups in total. The summed E-state index contributed by atoms with van der Waals surface area (Å²) < 4.78 is 40.1. The summed E-state index contributed by atoms with van der Waals surface area (Å²) in [6.45, 7) is 3.87. The van der Waals surface area contributed by atoms with Crippen molar-refractivity contribution in [3.05, 3.63) is 29.6 Å². The molecule has 6 heteroatoms. The number of nitrogens with zero attached hydrogens (tertiary/aromatic N) is 2. The van der Waals surface area contributed by atoms with Gasteiger partial charge in [0.1, 0.15) is 5.82 Å². The molecule has 0 aliphatic carbocycles. The van der Waals surface area contributed by atoms with E-state index in [0.717, 1.165) is 36.6 Å². The predicted octanol–water partition coefficient (Wildman–Crippen LogP) is 2.92. The number of fused-ring (bicyclic) bond motifs is 1. The van der Waals surface area contributed by atoms with Gasteiger partial charge in [-0.25, -0.2) is 4.98 Å². The summed E-state index contributed by atoms with van der Waals surface area (Å²) in [5.41, 5.74) is 0.510. The quantitative estimate of drug-likeness (QED) is 0.872. The molecule has 1 aromatic heterocycles. The Hall–Kier alpha value is -1.56. The van der Waals surface area contributed by atoms with Crippen LogP contribution in [0.3, 0.4) is 0 Å². The zero-order chi connectivity index (χ0) is 14.5. The Balaban J connectivity index is 2.10. The maximum Gasteiger partial charge on any atom is 0.416 e. The molecule has 2 aromatic rings. The molecule has 0 spiro atoms. The minimum absolute atomic E-state index is 0.252. The number of imidazole rings is 1. The Morgan fingerprint density at radius 3 is 2.65 bits per heavy atom. The Labute approximate surface area is 114 Å². The molecule has 108 valence electrons. The van der Waals surface area contributed by atoms with Gasteiger partial charge in [0.05, 0.1) is 16.6 Å². The first-order chi connectivity index (χ1) is 9.38. The summed E-state index contributed by atoms with van der Waals surface area (Å²) in [4.78, 5) is 4.44. The highest BCUT2D eigenvalue weighted by Crippen LogP contribution is 2.33. The van der Waals surface area contributed by atoms with Crippen molar-refractivity contribution in [2.24, 2.45) is 13.0 Å². The first kappa shape index (κ1) is 13.4. The molecule has 1 aliphatic rings. The van der Waals surface area contributed by atoms with Crippen molar-refractivity contribution < 1.29 is 13.2 Å². The van der Waals surface area contributed by atoms with E-state index in [1.165, 1.54) is 6.07 Å². The molecule has 1 aromatic carbocycles. The number of nitrogens with one attached hydrogen (secondary N) is 1. The lowest BCUT2D eigenvalue weighted by molar-refractivity contribution is -0.137. The van der Waals surface area contributed by atoms with E-state index in [-0.39, 0.29) is 5.92 Å². The second kappa shape index (κ2) is 4.48. The standard InChI is InChI=1S/C14H16F3N3/c1-8-6-18-7-10(8)13-19-11-5-9(14(15,16)17)3-4-12(11)20(13)2/h3-5,8,10,18H,6-7H2,1-2H3. The summed E-state index contributed by atoms with van der Waals surface area (Å²) in [5.74, 6) is 1.55. The van der Waals surface area contributed by atoms with Gasteiger partial charge in [0, 0.05) is 19.5 Å². The fourth-order valence-corrected chi connectivity index (χ4v) is 2.88. The number of halogens is 3. The van der Waals surface area contributed by atoms with Crippen LogP contribution in [-0.4, -0.2) is 22.6 Å². The van der Waals surface area contributed by atoms with Crippen LogP contribution in [-0.2, 0) is 13.2 Å². The molecule has 3 rings (SSSR count). The van der Waals surface area contributed by atoms with Gasteiger partial charge in [0.2, 0.25) is 0 Å². The van der Waals surface area contributed by atoms with Crippen molar-refractivity contribution in [1.29, 1.82) is 0 Å². The zero-order valence-electron chi connectivity index (χ0n) is 11.3.